The Labute approximate surface area is 82.8 Å². The molecule has 2 heterocycles. The topological polar surface area (TPSA) is 61.4 Å². The van der Waals surface area contributed by atoms with Gasteiger partial charge in [0, 0.05) is 12.6 Å². The van der Waals surface area contributed by atoms with E-state index >= 15 is 0 Å². The van der Waals surface area contributed by atoms with Crippen LogP contribution in [0, 0.1) is 0 Å². The monoisotopic (exact) mass is 197 g/mol. The predicted octanol–water partition coefficient (Wildman–Crippen LogP) is -0.321. The van der Waals surface area contributed by atoms with Gasteiger partial charge in [-0.25, -0.2) is 4.79 Å². The first-order valence-electron chi connectivity index (χ1n) is 4.93. The molecule has 2 fully saturated rings. The van der Waals surface area contributed by atoms with E-state index in [0.717, 1.165) is 6.54 Å². The normalized spacial score (nSPS) is 32.1. The smallest absolute Gasteiger partial charge is 0.322 e. The summed E-state index contributed by atoms with van der Waals surface area (Å²) in [6.45, 7) is 5.04. The third kappa shape index (κ3) is 1.12. The van der Waals surface area contributed by atoms with Gasteiger partial charge in [0.15, 0.2) is 0 Å². The van der Waals surface area contributed by atoms with Gasteiger partial charge in [-0.05, 0) is 26.8 Å². The van der Waals surface area contributed by atoms with Gasteiger partial charge < -0.3 is 10.6 Å². The molecule has 1 spiro atoms. The zero-order valence-corrected chi connectivity index (χ0v) is 8.46. The number of amides is 3. The lowest BCUT2D eigenvalue weighted by atomic mass is 9.99. The van der Waals surface area contributed by atoms with Crippen molar-refractivity contribution in [1.82, 2.24) is 15.5 Å². The summed E-state index contributed by atoms with van der Waals surface area (Å²) in [4.78, 5) is 24.9. The molecule has 3 amide bonds. The van der Waals surface area contributed by atoms with Gasteiger partial charge in [0.05, 0.1) is 0 Å². The fourth-order valence-electron chi connectivity index (χ4n) is 2.09. The van der Waals surface area contributed by atoms with Crippen LogP contribution in [0.2, 0.25) is 0 Å². The quantitative estimate of drug-likeness (QED) is 0.566. The Morgan fingerprint density at radius 1 is 1.43 bits per heavy atom. The van der Waals surface area contributed by atoms with Crippen molar-refractivity contribution >= 4 is 11.9 Å². The Balaban J connectivity index is 2.26. The molecule has 5 nitrogen and oxygen atoms in total. The highest BCUT2D eigenvalue weighted by molar-refractivity contribution is 6.07. The Bertz CT molecular complexity index is 282. The van der Waals surface area contributed by atoms with E-state index in [-0.39, 0.29) is 18.0 Å². The number of nitrogens with zero attached hydrogens (tertiary/aromatic N) is 1. The molecule has 78 valence electrons. The van der Waals surface area contributed by atoms with Crippen LogP contribution < -0.4 is 10.6 Å². The zero-order valence-electron chi connectivity index (χ0n) is 8.46. The number of nitrogens with one attached hydrogen (secondary N) is 2. The number of carbonyl (C=O) groups excluding carboxylic acids is 2. The second-order valence-corrected chi connectivity index (χ2v) is 4.21. The van der Waals surface area contributed by atoms with Crippen molar-refractivity contribution in [3.05, 3.63) is 0 Å². The van der Waals surface area contributed by atoms with Gasteiger partial charge in [0.2, 0.25) is 0 Å². The highest BCUT2D eigenvalue weighted by Gasteiger charge is 2.53. The second-order valence-electron chi connectivity index (χ2n) is 4.21. The predicted molar refractivity (Wildman–Crippen MR) is 50.7 cm³/mol. The molecule has 0 aliphatic carbocycles. The summed E-state index contributed by atoms with van der Waals surface area (Å²) >= 11 is 0. The van der Waals surface area contributed by atoms with Crippen LogP contribution in [0.3, 0.4) is 0 Å². The first kappa shape index (κ1) is 9.45. The third-order valence-corrected chi connectivity index (χ3v) is 2.86. The number of carbonyl (C=O) groups is 2. The van der Waals surface area contributed by atoms with Gasteiger partial charge in [-0.1, -0.05) is 0 Å². The van der Waals surface area contributed by atoms with Crippen LogP contribution in [-0.2, 0) is 4.79 Å². The van der Waals surface area contributed by atoms with E-state index < -0.39 is 5.54 Å². The summed E-state index contributed by atoms with van der Waals surface area (Å²) in [5.41, 5.74) is -0.651. The summed E-state index contributed by atoms with van der Waals surface area (Å²) in [6, 6.07) is -0.323. The van der Waals surface area contributed by atoms with E-state index in [0.29, 0.717) is 13.0 Å². The van der Waals surface area contributed by atoms with Crippen LogP contribution in [-0.4, -0.2) is 41.5 Å². The van der Waals surface area contributed by atoms with E-state index in [4.69, 9.17) is 0 Å². The molecule has 0 bridgehead atoms. The second kappa shape index (κ2) is 2.95. The van der Waals surface area contributed by atoms with Crippen molar-refractivity contribution in [2.24, 2.45) is 0 Å². The molecule has 0 saturated carbocycles. The number of rotatable bonds is 1. The number of imide groups is 1. The molecule has 1 atom stereocenters. The SMILES string of the molecule is CC(C)N1C(=O)N[C@]2(CCNC2)C1=O. The van der Waals surface area contributed by atoms with Crippen LogP contribution in [0.1, 0.15) is 20.3 Å². The number of hydrogen-bond donors (Lipinski definition) is 2. The van der Waals surface area contributed by atoms with Gasteiger partial charge in [0.1, 0.15) is 5.54 Å². The highest BCUT2D eigenvalue weighted by atomic mass is 16.2. The maximum absolute atomic E-state index is 12.0. The summed E-state index contributed by atoms with van der Waals surface area (Å²) in [6.07, 6.45) is 0.695. The molecule has 2 N–H and O–H groups in total. The van der Waals surface area contributed by atoms with Crippen LogP contribution >= 0.6 is 0 Å². The summed E-state index contributed by atoms with van der Waals surface area (Å²) in [5.74, 6) is -0.0810. The molecule has 2 aliphatic heterocycles. The van der Waals surface area contributed by atoms with Gasteiger partial charge in [0.25, 0.3) is 5.91 Å². The van der Waals surface area contributed by atoms with Crippen molar-refractivity contribution in [2.45, 2.75) is 31.8 Å². The highest BCUT2D eigenvalue weighted by Crippen LogP contribution is 2.25. The van der Waals surface area contributed by atoms with Crippen LogP contribution in [0.5, 0.6) is 0 Å². The molecule has 2 rings (SSSR count). The van der Waals surface area contributed by atoms with Crippen molar-refractivity contribution in [3.8, 4) is 0 Å². The minimum atomic E-state index is -0.651. The Morgan fingerprint density at radius 2 is 2.14 bits per heavy atom. The largest absolute Gasteiger partial charge is 0.325 e. The maximum atomic E-state index is 12.0. The lowest BCUT2D eigenvalue weighted by Gasteiger charge is -2.21. The molecule has 0 aromatic rings. The van der Waals surface area contributed by atoms with Crippen molar-refractivity contribution in [3.63, 3.8) is 0 Å². The Morgan fingerprint density at radius 3 is 2.57 bits per heavy atom. The molecule has 5 heteroatoms. The number of urea groups is 1. The summed E-state index contributed by atoms with van der Waals surface area (Å²) < 4.78 is 0. The molecule has 0 aromatic heterocycles. The Kier molecular flexibility index (Phi) is 1.99. The average molecular weight is 197 g/mol. The van der Waals surface area contributed by atoms with Crippen molar-refractivity contribution < 1.29 is 9.59 Å². The molecule has 0 aromatic carbocycles. The average Bonchev–Trinajstić information content (AvgIpc) is 2.61. The van der Waals surface area contributed by atoms with E-state index in [1.54, 1.807) is 0 Å². The van der Waals surface area contributed by atoms with Crippen LogP contribution in [0.15, 0.2) is 0 Å². The van der Waals surface area contributed by atoms with E-state index in [2.05, 4.69) is 10.6 Å². The van der Waals surface area contributed by atoms with Crippen LogP contribution in [0.4, 0.5) is 4.79 Å². The molecule has 2 aliphatic rings. The van der Waals surface area contributed by atoms with Gasteiger partial charge >= 0.3 is 6.03 Å². The Hall–Kier alpha value is -1.10. The van der Waals surface area contributed by atoms with Crippen LogP contribution in [0.25, 0.3) is 0 Å². The lowest BCUT2D eigenvalue weighted by molar-refractivity contribution is -0.131. The molecular weight excluding hydrogens is 182 g/mol. The van der Waals surface area contributed by atoms with Crippen molar-refractivity contribution in [1.29, 1.82) is 0 Å². The summed E-state index contributed by atoms with van der Waals surface area (Å²) in [7, 11) is 0. The number of hydrogen-bond acceptors (Lipinski definition) is 3. The van der Waals surface area contributed by atoms with Crippen molar-refractivity contribution in [2.75, 3.05) is 13.1 Å². The maximum Gasteiger partial charge on any atom is 0.325 e. The standard InChI is InChI=1S/C9H15N3O2/c1-6(2)12-7(13)9(11-8(12)14)3-4-10-5-9/h6,10H,3-5H2,1-2H3,(H,11,14)/t9-/m0/s1. The summed E-state index contributed by atoms with van der Waals surface area (Å²) in [5, 5.41) is 5.89. The van der Waals surface area contributed by atoms with E-state index in [1.807, 2.05) is 13.8 Å². The van der Waals surface area contributed by atoms with Gasteiger partial charge in [-0.2, -0.15) is 0 Å². The van der Waals surface area contributed by atoms with E-state index in [9.17, 15) is 9.59 Å². The fourth-order valence-corrected chi connectivity index (χ4v) is 2.09. The first-order chi connectivity index (χ1) is 6.57. The molecule has 2 saturated heterocycles. The molecule has 0 unspecified atom stereocenters. The zero-order chi connectivity index (χ0) is 10.3. The third-order valence-electron chi connectivity index (χ3n) is 2.86. The molecule has 0 radical (unpaired) electrons. The fraction of sp³-hybridized carbons (Fsp3) is 0.778. The lowest BCUT2D eigenvalue weighted by Crippen LogP contribution is -2.49. The first-order valence-corrected chi connectivity index (χ1v) is 4.93. The van der Waals surface area contributed by atoms with Gasteiger partial charge in [-0.3, -0.25) is 9.69 Å². The minimum absolute atomic E-state index is 0.0672. The van der Waals surface area contributed by atoms with Gasteiger partial charge in [-0.15, -0.1) is 0 Å². The van der Waals surface area contributed by atoms with E-state index in [1.165, 1.54) is 4.90 Å². The minimum Gasteiger partial charge on any atom is -0.322 e. The molecule has 14 heavy (non-hydrogen) atoms. The molecular formula is C9H15N3O2.